The van der Waals surface area contributed by atoms with Gasteiger partial charge in [0.15, 0.2) is 0 Å². The van der Waals surface area contributed by atoms with Gasteiger partial charge in [0.05, 0.1) is 0 Å². The molecule has 3 heterocycles. The van der Waals surface area contributed by atoms with E-state index >= 15 is 0 Å². The first-order valence-corrected chi connectivity index (χ1v) is 7.80. The normalized spacial score (nSPS) is 15.1. The summed E-state index contributed by atoms with van der Waals surface area (Å²) in [6.45, 7) is 2.74. The van der Waals surface area contributed by atoms with Crippen LogP contribution < -0.4 is 16.0 Å². The van der Waals surface area contributed by atoms with Gasteiger partial charge in [0.2, 0.25) is 5.95 Å². The SMILES string of the molecule is O=C(NCC1CCNCC1)c1ccnc(Nc2ccncc2)n1. The highest BCUT2D eigenvalue weighted by Crippen LogP contribution is 2.12. The standard InChI is InChI=1S/C16H20N6O/c23-15(20-11-12-1-6-17-7-2-12)14-5-10-19-16(22-14)21-13-3-8-18-9-4-13/h3-5,8-10,12,17H,1-2,6-7,11H2,(H,20,23)(H,18,19,21,22). The number of piperidine rings is 1. The highest BCUT2D eigenvalue weighted by atomic mass is 16.1. The summed E-state index contributed by atoms with van der Waals surface area (Å²) < 4.78 is 0. The van der Waals surface area contributed by atoms with Crippen molar-refractivity contribution in [3.05, 3.63) is 42.5 Å². The second-order valence-corrected chi connectivity index (χ2v) is 5.53. The van der Waals surface area contributed by atoms with Gasteiger partial charge in [0, 0.05) is 30.8 Å². The molecule has 7 nitrogen and oxygen atoms in total. The van der Waals surface area contributed by atoms with Crippen molar-refractivity contribution in [1.29, 1.82) is 0 Å². The van der Waals surface area contributed by atoms with Gasteiger partial charge in [0.25, 0.3) is 5.91 Å². The molecule has 3 N–H and O–H groups in total. The van der Waals surface area contributed by atoms with Gasteiger partial charge in [0.1, 0.15) is 5.69 Å². The third kappa shape index (κ3) is 4.46. The predicted molar refractivity (Wildman–Crippen MR) is 87.5 cm³/mol. The van der Waals surface area contributed by atoms with Gasteiger partial charge in [-0.2, -0.15) is 0 Å². The molecular formula is C16H20N6O. The molecule has 0 unspecified atom stereocenters. The Balaban J connectivity index is 1.58. The van der Waals surface area contributed by atoms with E-state index in [1.54, 1.807) is 24.7 Å². The van der Waals surface area contributed by atoms with Crippen molar-refractivity contribution in [2.24, 2.45) is 5.92 Å². The monoisotopic (exact) mass is 312 g/mol. The number of anilines is 2. The van der Waals surface area contributed by atoms with Crippen LogP contribution in [0.5, 0.6) is 0 Å². The molecule has 1 fully saturated rings. The lowest BCUT2D eigenvalue weighted by Gasteiger charge is -2.22. The Hall–Kier alpha value is -2.54. The third-order valence-electron chi connectivity index (χ3n) is 3.83. The summed E-state index contributed by atoms with van der Waals surface area (Å²) in [5, 5.41) is 9.34. The van der Waals surface area contributed by atoms with Crippen LogP contribution in [0.15, 0.2) is 36.8 Å². The van der Waals surface area contributed by atoms with Crippen LogP contribution in [0, 0.1) is 5.92 Å². The first kappa shape index (κ1) is 15.4. The number of carbonyl (C=O) groups is 1. The highest BCUT2D eigenvalue weighted by Gasteiger charge is 2.15. The van der Waals surface area contributed by atoms with Crippen molar-refractivity contribution < 1.29 is 4.79 Å². The Labute approximate surface area is 135 Å². The average molecular weight is 312 g/mol. The largest absolute Gasteiger partial charge is 0.350 e. The third-order valence-corrected chi connectivity index (χ3v) is 3.83. The second kappa shape index (κ2) is 7.64. The number of nitrogens with zero attached hydrogens (tertiary/aromatic N) is 3. The van der Waals surface area contributed by atoms with Gasteiger partial charge < -0.3 is 16.0 Å². The number of amides is 1. The maximum Gasteiger partial charge on any atom is 0.270 e. The second-order valence-electron chi connectivity index (χ2n) is 5.53. The molecule has 2 aromatic rings. The van der Waals surface area contributed by atoms with Crippen LogP contribution in [-0.4, -0.2) is 40.5 Å². The van der Waals surface area contributed by atoms with Crippen LogP contribution in [0.2, 0.25) is 0 Å². The minimum atomic E-state index is -0.163. The molecule has 7 heteroatoms. The van der Waals surface area contributed by atoms with Gasteiger partial charge in [-0.05, 0) is 50.0 Å². The summed E-state index contributed by atoms with van der Waals surface area (Å²) in [6, 6.07) is 5.25. The Bertz CT molecular complexity index is 642. The summed E-state index contributed by atoms with van der Waals surface area (Å²) in [6.07, 6.45) is 7.13. The number of hydrogen-bond acceptors (Lipinski definition) is 6. The molecule has 0 aliphatic carbocycles. The number of aromatic nitrogens is 3. The topological polar surface area (TPSA) is 91.8 Å². The number of rotatable bonds is 5. The molecule has 120 valence electrons. The van der Waals surface area contributed by atoms with E-state index in [4.69, 9.17) is 0 Å². The van der Waals surface area contributed by atoms with Crippen LogP contribution in [-0.2, 0) is 0 Å². The van der Waals surface area contributed by atoms with E-state index in [2.05, 4.69) is 30.9 Å². The van der Waals surface area contributed by atoms with E-state index in [0.717, 1.165) is 31.6 Å². The molecule has 0 bridgehead atoms. The van der Waals surface area contributed by atoms with Gasteiger partial charge in [-0.1, -0.05) is 0 Å². The molecule has 0 saturated carbocycles. The lowest BCUT2D eigenvalue weighted by atomic mass is 9.98. The fourth-order valence-corrected chi connectivity index (χ4v) is 2.52. The van der Waals surface area contributed by atoms with Gasteiger partial charge >= 0.3 is 0 Å². The van der Waals surface area contributed by atoms with Crippen LogP contribution in [0.4, 0.5) is 11.6 Å². The molecule has 0 aromatic carbocycles. The van der Waals surface area contributed by atoms with Crippen molar-refractivity contribution in [1.82, 2.24) is 25.6 Å². The summed E-state index contributed by atoms with van der Waals surface area (Å²) in [7, 11) is 0. The molecular weight excluding hydrogens is 292 g/mol. The van der Waals surface area contributed by atoms with E-state index in [9.17, 15) is 4.79 Å². The molecule has 1 saturated heterocycles. The van der Waals surface area contributed by atoms with Crippen molar-refractivity contribution in [3.63, 3.8) is 0 Å². The van der Waals surface area contributed by atoms with Crippen molar-refractivity contribution in [3.8, 4) is 0 Å². The van der Waals surface area contributed by atoms with E-state index in [1.165, 1.54) is 0 Å². The Morgan fingerprint density at radius 2 is 1.96 bits per heavy atom. The molecule has 1 aliphatic heterocycles. The average Bonchev–Trinajstić information content (AvgIpc) is 2.62. The summed E-state index contributed by atoms with van der Waals surface area (Å²) in [4.78, 5) is 24.6. The summed E-state index contributed by atoms with van der Waals surface area (Å²) in [5.74, 6) is 0.769. The minimum absolute atomic E-state index is 0.163. The number of carbonyl (C=O) groups excluding carboxylic acids is 1. The fraction of sp³-hybridized carbons (Fsp3) is 0.375. The molecule has 23 heavy (non-hydrogen) atoms. The van der Waals surface area contributed by atoms with Crippen molar-refractivity contribution in [2.75, 3.05) is 25.0 Å². The van der Waals surface area contributed by atoms with Gasteiger partial charge in [-0.15, -0.1) is 0 Å². The molecule has 0 spiro atoms. The van der Waals surface area contributed by atoms with Crippen LogP contribution in [0.1, 0.15) is 23.3 Å². The number of nitrogens with one attached hydrogen (secondary N) is 3. The number of hydrogen-bond donors (Lipinski definition) is 3. The first-order chi connectivity index (χ1) is 11.3. The zero-order valence-corrected chi connectivity index (χ0v) is 12.8. The van der Waals surface area contributed by atoms with E-state index in [1.807, 2.05) is 12.1 Å². The van der Waals surface area contributed by atoms with Gasteiger partial charge in [-0.3, -0.25) is 9.78 Å². The van der Waals surface area contributed by atoms with Crippen LogP contribution >= 0.6 is 0 Å². The van der Waals surface area contributed by atoms with Crippen LogP contribution in [0.25, 0.3) is 0 Å². The Morgan fingerprint density at radius 1 is 1.17 bits per heavy atom. The summed E-state index contributed by atoms with van der Waals surface area (Å²) in [5.41, 5.74) is 1.19. The minimum Gasteiger partial charge on any atom is -0.350 e. The maximum atomic E-state index is 12.2. The Kier molecular flexibility index (Phi) is 5.10. The zero-order valence-electron chi connectivity index (χ0n) is 12.8. The van der Waals surface area contributed by atoms with E-state index < -0.39 is 0 Å². The molecule has 1 amide bonds. The molecule has 0 atom stereocenters. The molecule has 0 radical (unpaired) electrons. The lowest BCUT2D eigenvalue weighted by Crippen LogP contribution is -2.36. The number of pyridine rings is 1. The van der Waals surface area contributed by atoms with E-state index in [-0.39, 0.29) is 5.91 Å². The zero-order chi connectivity index (χ0) is 15.9. The fourth-order valence-electron chi connectivity index (χ4n) is 2.52. The molecule has 1 aliphatic rings. The predicted octanol–water partition coefficient (Wildman–Crippen LogP) is 1.34. The van der Waals surface area contributed by atoms with E-state index in [0.29, 0.717) is 24.1 Å². The van der Waals surface area contributed by atoms with Crippen molar-refractivity contribution >= 4 is 17.5 Å². The Morgan fingerprint density at radius 3 is 2.74 bits per heavy atom. The van der Waals surface area contributed by atoms with Crippen LogP contribution in [0.3, 0.4) is 0 Å². The highest BCUT2D eigenvalue weighted by molar-refractivity contribution is 5.92. The smallest absolute Gasteiger partial charge is 0.270 e. The lowest BCUT2D eigenvalue weighted by molar-refractivity contribution is 0.0939. The van der Waals surface area contributed by atoms with Gasteiger partial charge in [-0.25, -0.2) is 9.97 Å². The molecule has 3 rings (SSSR count). The quantitative estimate of drug-likeness (QED) is 0.772. The molecule has 2 aromatic heterocycles. The first-order valence-electron chi connectivity index (χ1n) is 7.80. The maximum absolute atomic E-state index is 12.2. The summed E-state index contributed by atoms with van der Waals surface area (Å²) >= 11 is 0. The van der Waals surface area contributed by atoms with Crippen molar-refractivity contribution in [2.45, 2.75) is 12.8 Å².